The summed E-state index contributed by atoms with van der Waals surface area (Å²) in [5, 5.41) is 9.38. The smallest absolute Gasteiger partial charge is 0.216 e. The third kappa shape index (κ3) is 1.14. The SMILES string of the molecule is Nc1nc(C2=CNCN=C2)n[nH]1. The number of allylic oxidation sites excluding steroid dienone is 1. The molecule has 0 unspecified atom stereocenters. The number of nitrogens with zero attached hydrogens (tertiary/aromatic N) is 3. The Kier molecular flexibility index (Phi) is 1.51. The van der Waals surface area contributed by atoms with Gasteiger partial charge in [-0.25, -0.2) is 5.10 Å². The lowest BCUT2D eigenvalue weighted by atomic mass is 10.3. The van der Waals surface area contributed by atoms with Gasteiger partial charge in [-0.15, -0.1) is 0 Å². The number of nitrogens with two attached hydrogens (primary N) is 1. The lowest BCUT2D eigenvalue weighted by molar-refractivity contribution is 0.880. The molecule has 0 radical (unpaired) electrons. The summed E-state index contributed by atoms with van der Waals surface area (Å²) in [6.07, 6.45) is 3.51. The van der Waals surface area contributed by atoms with Crippen molar-refractivity contribution in [2.24, 2.45) is 4.99 Å². The summed E-state index contributed by atoms with van der Waals surface area (Å²) in [5.74, 6) is 0.869. The van der Waals surface area contributed by atoms with Crippen molar-refractivity contribution in [3.8, 4) is 0 Å². The molecule has 4 N–H and O–H groups in total. The minimum Gasteiger partial charge on any atom is -0.372 e. The lowest BCUT2D eigenvalue weighted by Crippen LogP contribution is -2.11. The van der Waals surface area contributed by atoms with E-state index in [0.717, 1.165) is 5.57 Å². The number of aliphatic imine (C=N–C) groups is 1. The van der Waals surface area contributed by atoms with Crippen LogP contribution in [0.3, 0.4) is 0 Å². The Labute approximate surface area is 68.6 Å². The van der Waals surface area contributed by atoms with E-state index < -0.39 is 0 Å². The molecule has 12 heavy (non-hydrogen) atoms. The van der Waals surface area contributed by atoms with E-state index in [1.165, 1.54) is 0 Å². The predicted octanol–water partition coefficient (Wildman–Crippen LogP) is -0.641. The Morgan fingerprint density at radius 2 is 2.42 bits per heavy atom. The second kappa shape index (κ2) is 2.65. The molecule has 1 aromatic rings. The van der Waals surface area contributed by atoms with Crippen molar-refractivity contribution < 1.29 is 0 Å². The maximum absolute atomic E-state index is 5.36. The van der Waals surface area contributed by atoms with Gasteiger partial charge >= 0.3 is 0 Å². The van der Waals surface area contributed by atoms with Crippen LogP contribution in [0.15, 0.2) is 11.2 Å². The molecule has 2 heterocycles. The first kappa shape index (κ1) is 6.84. The van der Waals surface area contributed by atoms with E-state index in [9.17, 15) is 0 Å². The highest BCUT2D eigenvalue weighted by Gasteiger charge is 2.06. The van der Waals surface area contributed by atoms with Gasteiger partial charge < -0.3 is 11.1 Å². The van der Waals surface area contributed by atoms with Gasteiger partial charge in [0.15, 0.2) is 5.82 Å². The van der Waals surface area contributed by atoms with Gasteiger partial charge in [0.05, 0.1) is 5.57 Å². The molecule has 1 aromatic heterocycles. The average Bonchev–Trinajstić information content (AvgIpc) is 2.54. The van der Waals surface area contributed by atoms with Gasteiger partial charge in [0, 0.05) is 12.4 Å². The van der Waals surface area contributed by atoms with E-state index >= 15 is 0 Å². The monoisotopic (exact) mass is 164 g/mol. The first-order valence-electron chi connectivity index (χ1n) is 3.48. The molecule has 62 valence electrons. The number of hydrogen-bond acceptors (Lipinski definition) is 5. The molecule has 0 aliphatic carbocycles. The Bertz CT molecular complexity index is 336. The highest BCUT2D eigenvalue weighted by molar-refractivity contribution is 6.08. The fourth-order valence-electron chi connectivity index (χ4n) is 0.915. The van der Waals surface area contributed by atoms with Gasteiger partial charge in [0.25, 0.3) is 0 Å². The molecule has 1 aliphatic heterocycles. The summed E-state index contributed by atoms with van der Waals surface area (Å²) in [7, 11) is 0. The van der Waals surface area contributed by atoms with Crippen LogP contribution in [0.2, 0.25) is 0 Å². The summed E-state index contributed by atoms with van der Waals surface area (Å²) < 4.78 is 0. The molecule has 0 spiro atoms. The van der Waals surface area contributed by atoms with Crippen LogP contribution < -0.4 is 11.1 Å². The zero-order valence-corrected chi connectivity index (χ0v) is 6.28. The van der Waals surface area contributed by atoms with E-state index in [2.05, 4.69) is 25.5 Å². The Morgan fingerprint density at radius 3 is 3.00 bits per heavy atom. The molecule has 6 heteroatoms. The summed E-state index contributed by atoms with van der Waals surface area (Å²) in [6, 6.07) is 0. The molecular formula is C6H8N6. The van der Waals surface area contributed by atoms with Crippen molar-refractivity contribution in [1.29, 1.82) is 0 Å². The van der Waals surface area contributed by atoms with E-state index in [0.29, 0.717) is 18.4 Å². The fraction of sp³-hybridized carbons (Fsp3) is 0.167. The first-order chi connectivity index (χ1) is 5.86. The molecule has 0 atom stereocenters. The number of nitrogen functional groups attached to an aromatic ring is 1. The molecule has 0 saturated heterocycles. The van der Waals surface area contributed by atoms with E-state index in [1.807, 2.05) is 0 Å². The van der Waals surface area contributed by atoms with E-state index in [4.69, 9.17) is 5.73 Å². The Balaban J connectivity index is 2.30. The van der Waals surface area contributed by atoms with Crippen LogP contribution in [-0.4, -0.2) is 28.1 Å². The molecule has 0 bridgehead atoms. The molecule has 1 aliphatic rings. The zero-order chi connectivity index (χ0) is 8.39. The molecular weight excluding hydrogens is 156 g/mol. The molecule has 0 saturated carbocycles. The topological polar surface area (TPSA) is 92.0 Å². The minimum atomic E-state index is 0.310. The van der Waals surface area contributed by atoms with Crippen molar-refractivity contribution in [2.45, 2.75) is 0 Å². The van der Waals surface area contributed by atoms with E-state index in [1.54, 1.807) is 12.4 Å². The van der Waals surface area contributed by atoms with Crippen LogP contribution in [-0.2, 0) is 0 Å². The number of anilines is 1. The summed E-state index contributed by atoms with van der Waals surface area (Å²) in [6.45, 7) is 0.601. The van der Waals surface area contributed by atoms with Crippen LogP contribution in [0.25, 0.3) is 5.57 Å². The number of hydrogen-bond donors (Lipinski definition) is 3. The molecule has 2 rings (SSSR count). The quantitative estimate of drug-likeness (QED) is 0.514. The second-order valence-corrected chi connectivity index (χ2v) is 2.32. The van der Waals surface area contributed by atoms with Crippen LogP contribution >= 0.6 is 0 Å². The van der Waals surface area contributed by atoms with Crippen molar-refractivity contribution in [2.75, 3.05) is 12.4 Å². The van der Waals surface area contributed by atoms with Crippen LogP contribution in [0, 0.1) is 0 Å². The number of rotatable bonds is 1. The Morgan fingerprint density at radius 1 is 1.50 bits per heavy atom. The largest absolute Gasteiger partial charge is 0.372 e. The average molecular weight is 164 g/mol. The normalized spacial score (nSPS) is 15.5. The second-order valence-electron chi connectivity index (χ2n) is 2.32. The van der Waals surface area contributed by atoms with Gasteiger partial charge in [0.1, 0.15) is 6.67 Å². The van der Waals surface area contributed by atoms with Crippen molar-refractivity contribution in [3.05, 3.63) is 12.0 Å². The highest BCUT2D eigenvalue weighted by atomic mass is 15.3. The fourth-order valence-corrected chi connectivity index (χ4v) is 0.915. The van der Waals surface area contributed by atoms with Crippen molar-refractivity contribution in [1.82, 2.24) is 20.5 Å². The summed E-state index contributed by atoms with van der Waals surface area (Å²) >= 11 is 0. The standard InChI is InChI=1S/C6H8N6/c7-6-10-5(11-12-6)4-1-8-3-9-2-4/h1-2,8H,3H2,(H3,7,10,11,12). The van der Waals surface area contributed by atoms with Crippen LogP contribution in [0.5, 0.6) is 0 Å². The van der Waals surface area contributed by atoms with Gasteiger partial charge in [-0.3, -0.25) is 4.99 Å². The molecule has 6 nitrogen and oxygen atoms in total. The first-order valence-corrected chi connectivity index (χ1v) is 3.48. The number of nitrogens with one attached hydrogen (secondary N) is 2. The predicted molar refractivity (Wildman–Crippen MR) is 45.3 cm³/mol. The third-order valence-electron chi connectivity index (χ3n) is 1.43. The van der Waals surface area contributed by atoms with Crippen LogP contribution in [0.4, 0.5) is 5.95 Å². The van der Waals surface area contributed by atoms with Crippen molar-refractivity contribution in [3.63, 3.8) is 0 Å². The van der Waals surface area contributed by atoms with Crippen LogP contribution in [0.1, 0.15) is 5.82 Å². The maximum Gasteiger partial charge on any atom is 0.216 e. The molecule has 0 aromatic carbocycles. The van der Waals surface area contributed by atoms with Gasteiger partial charge in [-0.05, 0) is 0 Å². The summed E-state index contributed by atoms with van der Waals surface area (Å²) in [4.78, 5) is 7.95. The molecule has 0 amide bonds. The minimum absolute atomic E-state index is 0.310. The van der Waals surface area contributed by atoms with Crippen molar-refractivity contribution >= 4 is 17.7 Å². The molecule has 0 fully saturated rings. The third-order valence-corrected chi connectivity index (χ3v) is 1.43. The maximum atomic E-state index is 5.36. The zero-order valence-electron chi connectivity index (χ0n) is 6.28. The number of aromatic nitrogens is 3. The van der Waals surface area contributed by atoms with E-state index in [-0.39, 0.29) is 0 Å². The Hall–Kier alpha value is -1.85. The number of aromatic amines is 1. The van der Waals surface area contributed by atoms with Gasteiger partial charge in [0.2, 0.25) is 5.95 Å². The summed E-state index contributed by atoms with van der Waals surface area (Å²) in [5.41, 5.74) is 6.19. The van der Waals surface area contributed by atoms with Gasteiger partial charge in [-0.2, -0.15) is 10.1 Å². The highest BCUT2D eigenvalue weighted by Crippen LogP contribution is 2.07. The number of H-pyrrole nitrogens is 1. The lowest BCUT2D eigenvalue weighted by Gasteiger charge is -2.03. The van der Waals surface area contributed by atoms with Gasteiger partial charge in [-0.1, -0.05) is 0 Å².